The summed E-state index contributed by atoms with van der Waals surface area (Å²) in [5.41, 5.74) is 4.52. The van der Waals surface area contributed by atoms with Gasteiger partial charge in [0.2, 0.25) is 11.6 Å². The van der Waals surface area contributed by atoms with E-state index in [0.29, 0.717) is 75.1 Å². The van der Waals surface area contributed by atoms with Crippen molar-refractivity contribution in [3.63, 3.8) is 0 Å². The smallest absolute Gasteiger partial charge is 0.374 e. The van der Waals surface area contributed by atoms with Crippen molar-refractivity contribution in [3.05, 3.63) is 107 Å². The van der Waals surface area contributed by atoms with Crippen molar-refractivity contribution in [2.75, 3.05) is 11.9 Å². The predicted molar refractivity (Wildman–Crippen MR) is 174 cm³/mol. The number of carbonyl (C=O) groups is 2. The molecular weight excluding hydrogens is 672 g/mol. The van der Waals surface area contributed by atoms with Crippen LogP contribution in [-0.4, -0.2) is 48.6 Å². The van der Waals surface area contributed by atoms with Crippen LogP contribution in [0.25, 0.3) is 0 Å². The first-order chi connectivity index (χ1) is 20.9. The second-order valence-corrected chi connectivity index (χ2v) is 11.3. The van der Waals surface area contributed by atoms with E-state index in [-0.39, 0.29) is 16.8 Å². The summed E-state index contributed by atoms with van der Waals surface area (Å²) < 4.78 is 0. The Balaban J connectivity index is 0.000000241. The molecular formula is C30H28Cl5N5O4. The van der Waals surface area contributed by atoms with Crippen molar-refractivity contribution in [3.8, 4) is 0 Å². The van der Waals surface area contributed by atoms with Crippen molar-refractivity contribution in [2.45, 2.75) is 46.5 Å². The van der Waals surface area contributed by atoms with E-state index in [1.54, 1.807) is 30.3 Å². The molecule has 0 aliphatic rings. The Hall–Kier alpha value is -3.21. The summed E-state index contributed by atoms with van der Waals surface area (Å²) in [6.45, 7) is 6.35. The Morgan fingerprint density at radius 1 is 0.682 bits per heavy atom. The molecule has 2 heterocycles. The maximum absolute atomic E-state index is 11.2. The lowest BCUT2D eigenvalue weighted by molar-refractivity contribution is 0.0672. The van der Waals surface area contributed by atoms with Gasteiger partial charge in [0.1, 0.15) is 11.0 Å². The third-order valence-electron chi connectivity index (χ3n) is 6.30. The van der Waals surface area contributed by atoms with Crippen LogP contribution < -0.4 is 5.32 Å². The van der Waals surface area contributed by atoms with E-state index in [1.807, 2.05) is 26.8 Å². The van der Waals surface area contributed by atoms with E-state index in [9.17, 15) is 9.59 Å². The Morgan fingerprint density at radius 2 is 1.14 bits per heavy atom. The van der Waals surface area contributed by atoms with Gasteiger partial charge in [0.15, 0.2) is 0 Å². The summed E-state index contributed by atoms with van der Waals surface area (Å²) in [4.78, 5) is 38.3. The minimum Gasteiger partial charge on any atom is -0.475 e. The van der Waals surface area contributed by atoms with Gasteiger partial charge in [0.25, 0.3) is 0 Å². The molecule has 4 rings (SSSR count). The average Bonchev–Trinajstić information content (AvgIpc) is 2.97. The molecule has 0 amide bonds. The van der Waals surface area contributed by atoms with Gasteiger partial charge in [0, 0.05) is 56.3 Å². The molecule has 0 unspecified atom stereocenters. The number of carboxylic acids is 2. The second kappa shape index (κ2) is 16.2. The first-order valence-electron chi connectivity index (χ1n) is 13.4. The molecule has 3 N–H and O–H groups in total. The lowest BCUT2D eigenvalue weighted by atomic mass is 10.0. The maximum Gasteiger partial charge on any atom is 0.374 e. The van der Waals surface area contributed by atoms with Crippen LogP contribution in [0.2, 0.25) is 25.2 Å². The zero-order valence-electron chi connectivity index (χ0n) is 23.9. The van der Waals surface area contributed by atoms with Gasteiger partial charge in [-0.15, -0.1) is 0 Å². The number of benzene rings is 2. The zero-order valence-corrected chi connectivity index (χ0v) is 27.7. The molecule has 0 aliphatic carbocycles. The van der Waals surface area contributed by atoms with Crippen LogP contribution in [0.4, 0.5) is 5.82 Å². The molecule has 44 heavy (non-hydrogen) atoms. The van der Waals surface area contributed by atoms with E-state index in [4.69, 9.17) is 68.2 Å². The Bertz CT molecular complexity index is 1690. The fourth-order valence-corrected chi connectivity index (χ4v) is 5.40. The highest BCUT2D eigenvalue weighted by molar-refractivity contribution is 6.35. The number of hydrogen-bond donors (Lipinski definition) is 3. The van der Waals surface area contributed by atoms with Gasteiger partial charge in [0.05, 0.1) is 5.69 Å². The second-order valence-electron chi connectivity index (χ2n) is 9.26. The topological polar surface area (TPSA) is 138 Å². The number of halogens is 5. The van der Waals surface area contributed by atoms with Gasteiger partial charge in [-0.1, -0.05) is 84.0 Å². The molecule has 14 heteroatoms. The molecule has 0 atom stereocenters. The number of anilines is 1. The molecule has 0 saturated carbocycles. The Morgan fingerprint density at radius 3 is 1.57 bits per heavy atom. The molecule has 0 fully saturated rings. The van der Waals surface area contributed by atoms with Crippen molar-refractivity contribution < 1.29 is 19.8 Å². The summed E-state index contributed by atoms with van der Waals surface area (Å²) in [5, 5.41) is 23.6. The van der Waals surface area contributed by atoms with Crippen molar-refractivity contribution in [2.24, 2.45) is 0 Å². The lowest BCUT2D eigenvalue weighted by Gasteiger charge is -2.15. The highest BCUT2D eigenvalue weighted by Gasteiger charge is 2.19. The maximum atomic E-state index is 11.2. The summed E-state index contributed by atoms with van der Waals surface area (Å²) in [7, 11) is 0. The first-order valence-corrected chi connectivity index (χ1v) is 15.3. The van der Waals surface area contributed by atoms with Gasteiger partial charge in [-0.25, -0.2) is 29.5 Å². The molecule has 0 radical (unpaired) electrons. The molecule has 0 saturated heterocycles. The Kier molecular flexibility index (Phi) is 13.0. The summed E-state index contributed by atoms with van der Waals surface area (Å²) >= 11 is 30.3. The van der Waals surface area contributed by atoms with Crippen molar-refractivity contribution in [1.29, 1.82) is 0 Å². The van der Waals surface area contributed by atoms with Crippen molar-refractivity contribution >= 4 is 75.8 Å². The lowest BCUT2D eigenvalue weighted by Crippen LogP contribution is -2.14. The largest absolute Gasteiger partial charge is 0.475 e. The van der Waals surface area contributed by atoms with Crippen LogP contribution in [-0.2, 0) is 25.7 Å². The number of aryl methyl sites for hydroxylation is 2. The van der Waals surface area contributed by atoms with Gasteiger partial charge >= 0.3 is 11.9 Å². The molecule has 232 valence electrons. The van der Waals surface area contributed by atoms with Crippen LogP contribution in [0.3, 0.4) is 0 Å². The molecule has 2 aromatic heterocycles. The molecule has 0 spiro atoms. The normalized spacial score (nSPS) is 10.6. The number of nitrogens with zero attached hydrogens (tertiary/aromatic N) is 4. The van der Waals surface area contributed by atoms with E-state index < -0.39 is 11.9 Å². The van der Waals surface area contributed by atoms with Gasteiger partial charge in [-0.2, -0.15) is 0 Å². The van der Waals surface area contributed by atoms with Crippen LogP contribution in [0.5, 0.6) is 0 Å². The SMILES string of the molecule is CCNc1nc(C(=O)O)nc(CC)c1Cc1ccc(Cl)cc1Cl.CCc1nc(C(=O)O)nc(Cl)c1Cc1ccc(Cl)cc1Cl. The number of aromatic nitrogens is 4. The van der Waals surface area contributed by atoms with E-state index >= 15 is 0 Å². The fraction of sp³-hybridized carbons (Fsp3) is 0.267. The van der Waals surface area contributed by atoms with E-state index in [2.05, 4.69) is 25.3 Å². The fourth-order valence-electron chi connectivity index (χ4n) is 4.19. The average molecular weight is 700 g/mol. The monoisotopic (exact) mass is 697 g/mol. The van der Waals surface area contributed by atoms with Crippen molar-refractivity contribution in [1.82, 2.24) is 19.9 Å². The highest BCUT2D eigenvalue weighted by atomic mass is 35.5. The Labute approximate surface area is 279 Å². The predicted octanol–water partition coefficient (Wildman–Crippen LogP) is 8.35. The number of rotatable bonds is 10. The molecule has 0 bridgehead atoms. The van der Waals surface area contributed by atoms with Crippen LogP contribution >= 0.6 is 58.0 Å². The quantitative estimate of drug-likeness (QED) is 0.139. The third-order valence-corrected chi connectivity index (χ3v) is 7.78. The van der Waals surface area contributed by atoms with Gasteiger partial charge < -0.3 is 15.5 Å². The number of hydrogen-bond acceptors (Lipinski definition) is 7. The van der Waals surface area contributed by atoms with Gasteiger partial charge in [-0.05, 0) is 55.2 Å². The van der Waals surface area contributed by atoms with E-state index in [0.717, 1.165) is 16.7 Å². The molecule has 2 aromatic carbocycles. The first kappa shape index (κ1) is 35.3. The third kappa shape index (κ3) is 9.15. The minimum atomic E-state index is -1.21. The minimum absolute atomic E-state index is 0.130. The number of nitrogens with one attached hydrogen (secondary N) is 1. The van der Waals surface area contributed by atoms with Crippen LogP contribution in [0.1, 0.15) is 75.7 Å². The molecule has 4 aromatic rings. The molecule has 0 aliphatic heterocycles. The summed E-state index contributed by atoms with van der Waals surface area (Å²) in [6.07, 6.45) is 2.06. The van der Waals surface area contributed by atoms with Crippen LogP contribution in [0.15, 0.2) is 36.4 Å². The summed E-state index contributed by atoms with van der Waals surface area (Å²) in [6, 6.07) is 10.5. The van der Waals surface area contributed by atoms with Gasteiger partial charge in [-0.3, -0.25) is 0 Å². The van der Waals surface area contributed by atoms with E-state index in [1.165, 1.54) is 0 Å². The standard InChI is InChI=1S/C16H17Cl2N3O2.C14H11Cl3N2O2/c1-3-13-11(7-9-5-6-10(17)8-12(9)18)14(19-4-2)21-15(20-13)16(22)23;1-2-11-9(12(17)19-13(18-11)14(20)21)5-7-3-4-8(15)6-10(7)16/h5-6,8H,3-4,7H2,1-2H3,(H,22,23)(H,19,20,21);3-4,6H,2,5H2,1H3,(H,20,21). The highest BCUT2D eigenvalue weighted by Crippen LogP contribution is 2.29. The zero-order chi connectivity index (χ0) is 32.6. The number of carboxylic acid groups (broad SMARTS) is 2. The summed E-state index contributed by atoms with van der Waals surface area (Å²) in [5.74, 6) is -2.33. The number of aromatic carboxylic acids is 2. The van der Waals surface area contributed by atoms with Crippen LogP contribution in [0, 0.1) is 0 Å². The molecule has 9 nitrogen and oxygen atoms in total.